The van der Waals surface area contributed by atoms with Gasteiger partial charge >= 0.3 is 0 Å². The molecule has 0 unspecified atom stereocenters. The van der Waals surface area contributed by atoms with Crippen LogP contribution in [0.2, 0.25) is 0 Å². The first-order chi connectivity index (χ1) is 5.83. The molecule has 0 aliphatic carbocycles. The van der Waals surface area contributed by atoms with Crippen molar-refractivity contribution in [2.75, 3.05) is 0 Å². The lowest BCUT2D eigenvalue weighted by molar-refractivity contribution is 0.902. The van der Waals surface area contributed by atoms with Gasteiger partial charge in [-0.2, -0.15) is 0 Å². The van der Waals surface area contributed by atoms with Crippen molar-refractivity contribution in [3.05, 3.63) is 11.8 Å². The van der Waals surface area contributed by atoms with Crippen molar-refractivity contribution >= 4 is 5.71 Å². The van der Waals surface area contributed by atoms with Crippen molar-refractivity contribution in [3.8, 4) is 0 Å². The van der Waals surface area contributed by atoms with Crippen LogP contribution >= 0.6 is 0 Å². The normalized spacial score (nSPS) is 15.7. The zero-order chi connectivity index (χ0) is 9.40. The largest absolute Gasteiger partial charge is 0.266 e. The third-order valence-electron chi connectivity index (χ3n) is 1.81. The van der Waals surface area contributed by atoms with E-state index in [9.17, 15) is 0 Å². The van der Waals surface area contributed by atoms with Gasteiger partial charge in [-0.1, -0.05) is 32.8 Å². The van der Waals surface area contributed by atoms with E-state index in [1.165, 1.54) is 37.0 Å². The van der Waals surface area contributed by atoms with E-state index in [0.717, 1.165) is 0 Å². The van der Waals surface area contributed by atoms with E-state index in [4.69, 9.17) is 0 Å². The molecule has 0 atom stereocenters. The van der Waals surface area contributed by atoms with E-state index in [0.29, 0.717) is 0 Å². The zero-order valence-corrected chi connectivity index (χ0v) is 8.85. The molecule has 0 aromatic rings. The average Bonchev–Trinajstić information content (AvgIpc) is 2.13. The first kappa shape index (κ1) is 11.4. The van der Waals surface area contributed by atoms with Gasteiger partial charge in [0, 0.05) is 11.9 Å². The number of hydrogen-bond donors (Lipinski definition) is 0. The lowest BCUT2D eigenvalue weighted by Crippen LogP contribution is -2.01. The van der Waals surface area contributed by atoms with Crippen LogP contribution in [0.5, 0.6) is 0 Å². The minimum atomic E-state index is 1.18. The van der Waals surface area contributed by atoms with Crippen molar-refractivity contribution in [2.24, 2.45) is 4.99 Å². The van der Waals surface area contributed by atoms with Gasteiger partial charge in [0.2, 0.25) is 0 Å². The maximum Gasteiger partial charge on any atom is 0.0256 e. The molecule has 70 valence electrons. The fourth-order valence-corrected chi connectivity index (χ4v) is 1.15. The van der Waals surface area contributed by atoms with Gasteiger partial charge in [0.05, 0.1) is 0 Å². The third-order valence-corrected chi connectivity index (χ3v) is 1.81. The molecule has 1 aliphatic heterocycles. The molecule has 0 saturated carbocycles. The standard InChI is InChI=1S/C9H15N.C2H6/c1-3-4-9-6-5-8(2)7-10-9;1-2/h7H,3-6H2,1-2H3;1-2H3. The highest BCUT2D eigenvalue weighted by Gasteiger charge is 2.02. The van der Waals surface area contributed by atoms with E-state index in [1.54, 1.807) is 0 Å². The van der Waals surface area contributed by atoms with Crippen LogP contribution in [0.15, 0.2) is 16.8 Å². The van der Waals surface area contributed by atoms with Crippen LogP contribution in [-0.4, -0.2) is 5.71 Å². The Labute approximate surface area is 76.6 Å². The lowest BCUT2D eigenvalue weighted by Gasteiger charge is -2.08. The summed E-state index contributed by atoms with van der Waals surface area (Å²) in [5, 5.41) is 0. The first-order valence-electron chi connectivity index (χ1n) is 5.04. The molecule has 0 N–H and O–H groups in total. The summed E-state index contributed by atoms with van der Waals surface area (Å²) in [6.07, 6.45) is 6.83. The Morgan fingerprint density at radius 2 is 2.00 bits per heavy atom. The molecule has 12 heavy (non-hydrogen) atoms. The molecule has 1 aliphatic rings. The number of allylic oxidation sites excluding steroid dienone is 1. The summed E-state index contributed by atoms with van der Waals surface area (Å²) < 4.78 is 0. The van der Waals surface area contributed by atoms with Gasteiger partial charge in [0.1, 0.15) is 0 Å². The van der Waals surface area contributed by atoms with E-state index in [1.807, 2.05) is 20.0 Å². The number of aliphatic imine (C=N–C) groups is 1. The van der Waals surface area contributed by atoms with Gasteiger partial charge in [0.25, 0.3) is 0 Å². The quantitative estimate of drug-likeness (QED) is 0.590. The maximum atomic E-state index is 4.35. The summed E-state index contributed by atoms with van der Waals surface area (Å²) in [4.78, 5) is 4.35. The van der Waals surface area contributed by atoms with Crippen LogP contribution in [0.3, 0.4) is 0 Å². The molecule has 0 aromatic heterocycles. The Morgan fingerprint density at radius 1 is 1.33 bits per heavy atom. The van der Waals surface area contributed by atoms with Crippen molar-refractivity contribution in [2.45, 2.75) is 53.4 Å². The number of rotatable bonds is 2. The second kappa shape index (κ2) is 7.08. The monoisotopic (exact) mass is 167 g/mol. The summed E-state index contributed by atoms with van der Waals surface area (Å²) in [5.74, 6) is 0. The predicted molar refractivity (Wildman–Crippen MR) is 56.7 cm³/mol. The summed E-state index contributed by atoms with van der Waals surface area (Å²) >= 11 is 0. The Bertz CT molecular complexity index is 162. The molecule has 0 amide bonds. The molecule has 1 nitrogen and oxygen atoms in total. The van der Waals surface area contributed by atoms with E-state index in [-0.39, 0.29) is 0 Å². The Hall–Kier alpha value is -0.590. The lowest BCUT2D eigenvalue weighted by atomic mass is 10.0. The fourth-order valence-electron chi connectivity index (χ4n) is 1.15. The Kier molecular flexibility index (Phi) is 6.73. The number of nitrogens with zero attached hydrogens (tertiary/aromatic N) is 1. The van der Waals surface area contributed by atoms with Gasteiger partial charge in [-0.3, -0.25) is 4.99 Å². The van der Waals surface area contributed by atoms with Gasteiger partial charge < -0.3 is 0 Å². The van der Waals surface area contributed by atoms with Crippen LogP contribution in [0, 0.1) is 0 Å². The van der Waals surface area contributed by atoms with Crippen LogP contribution in [0.4, 0.5) is 0 Å². The summed E-state index contributed by atoms with van der Waals surface area (Å²) in [5.41, 5.74) is 2.80. The van der Waals surface area contributed by atoms with E-state index < -0.39 is 0 Å². The minimum Gasteiger partial charge on any atom is -0.266 e. The molecule has 0 spiro atoms. The van der Waals surface area contributed by atoms with Gasteiger partial charge in [-0.25, -0.2) is 0 Å². The topological polar surface area (TPSA) is 12.4 Å². The maximum absolute atomic E-state index is 4.35. The highest BCUT2D eigenvalue weighted by molar-refractivity contribution is 5.85. The van der Waals surface area contributed by atoms with Crippen LogP contribution in [-0.2, 0) is 0 Å². The van der Waals surface area contributed by atoms with Crippen molar-refractivity contribution < 1.29 is 0 Å². The molecule has 0 radical (unpaired) electrons. The summed E-state index contributed by atoms with van der Waals surface area (Å²) in [6, 6.07) is 0. The number of hydrogen-bond acceptors (Lipinski definition) is 1. The van der Waals surface area contributed by atoms with Crippen LogP contribution in [0.1, 0.15) is 53.4 Å². The smallest absolute Gasteiger partial charge is 0.0256 e. The fraction of sp³-hybridized carbons (Fsp3) is 0.727. The SMILES string of the molecule is CC.CCCC1=NC=C(C)CC1. The molecule has 0 aromatic carbocycles. The van der Waals surface area contributed by atoms with Crippen LogP contribution < -0.4 is 0 Å². The molecule has 0 bridgehead atoms. The van der Waals surface area contributed by atoms with Gasteiger partial charge in [-0.15, -0.1) is 0 Å². The van der Waals surface area contributed by atoms with E-state index in [2.05, 4.69) is 18.8 Å². The van der Waals surface area contributed by atoms with E-state index >= 15 is 0 Å². The van der Waals surface area contributed by atoms with Crippen molar-refractivity contribution in [1.82, 2.24) is 0 Å². The Morgan fingerprint density at radius 3 is 2.42 bits per heavy atom. The Balaban J connectivity index is 0.000000561. The van der Waals surface area contributed by atoms with Gasteiger partial charge in [0.15, 0.2) is 0 Å². The molecular formula is C11H21N. The highest BCUT2D eigenvalue weighted by atomic mass is 14.7. The first-order valence-corrected chi connectivity index (χ1v) is 5.04. The molecule has 0 fully saturated rings. The van der Waals surface area contributed by atoms with Crippen molar-refractivity contribution in [1.29, 1.82) is 0 Å². The zero-order valence-electron chi connectivity index (χ0n) is 8.85. The predicted octanol–water partition coefficient (Wildman–Crippen LogP) is 3.95. The molecular weight excluding hydrogens is 146 g/mol. The second-order valence-electron chi connectivity index (χ2n) is 2.92. The van der Waals surface area contributed by atoms with Crippen LogP contribution in [0.25, 0.3) is 0 Å². The second-order valence-corrected chi connectivity index (χ2v) is 2.92. The highest BCUT2D eigenvalue weighted by Crippen LogP contribution is 2.13. The molecule has 1 heterocycles. The summed E-state index contributed by atoms with van der Waals surface area (Å²) in [6.45, 7) is 8.35. The molecule has 0 saturated heterocycles. The van der Waals surface area contributed by atoms with Crippen molar-refractivity contribution in [3.63, 3.8) is 0 Å². The summed E-state index contributed by atoms with van der Waals surface area (Å²) in [7, 11) is 0. The molecule has 1 heteroatoms. The minimum absolute atomic E-state index is 1.18. The average molecular weight is 167 g/mol. The third kappa shape index (κ3) is 4.32. The van der Waals surface area contributed by atoms with Gasteiger partial charge in [-0.05, 0) is 26.2 Å². The molecule has 1 rings (SSSR count).